The summed E-state index contributed by atoms with van der Waals surface area (Å²) in [7, 11) is 1.60. The molecule has 1 aliphatic rings. The first kappa shape index (κ1) is 24.7. The number of aromatic nitrogens is 1. The number of anilines is 1. The minimum atomic E-state index is -0.257. The topological polar surface area (TPSA) is 107 Å². The summed E-state index contributed by atoms with van der Waals surface area (Å²) in [6.07, 6.45) is 1.69. The lowest BCUT2D eigenvalue weighted by atomic mass is 10.0. The number of nitriles is 1. The van der Waals surface area contributed by atoms with Gasteiger partial charge in [0.15, 0.2) is 0 Å². The predicted molar refractivity (Wildman–Crippen MR) is 140 cm³/mol. The van der Waals surface area contributed by atoms with E-state index in [9.17, 15) is 9.59 Å². The Morgan fingerprint density at radius 3 is 2.81 bits per heavy atom. The summed E-state index contributed by atoms with van der Waals surface area (Å²) >= 11 is 0. The maximum absolute atomic E-state index is 13.0. The van der Waals surface area contributed by atoms with Crippen LogP contribution < -0.4 is 15.4 Å². The fourth-order valence-electron chi connectivity index (χ4n) is 4.41. The third-order valence-electron chi connectivity index (χ3n) is 6.32. The Kier molecular flexibility index (Phi) is 7.50. The first-order chi connectivity index (χ1) is 17.4. The Morgan fingerprint density at radius 2 is 2.06 bits per heavy atom. The summed E-state index contributed by atoms with van der Waals surface area (Å²) < 4.78 is 5.54. The molecule has 0 spiro atoms. The zero-order chi connectivity index (χ0) is 25.7. The highest BCUT2D eigenvalue weighted by Gasteiger charge is 2.23. The van der Waals surface area contributed by atoms with Crippen LogP contribution in [0, 0.1) is 11.3 Å². The van der Waals surface area contributed by atoms with Gasteiger partial charge in [-0.2, -0.15) is 5.26 Å². The van der Waals surface area contributed by atoms with E-state index >= 15 is 0 Å². The highest BCUT2D eigenvalue weighted by Crippen LogP contribution is 2.35. The number of hydrogen-bond acceptors (Lipinski definition) is 6. The first-order valence-electron chi connectivity index (χ1n) is 11.9. The van der Waals surface area contributed by atoms with E-state index in [-0.39, 0.29) is 17.9 Å². The third kappa shape index (κ3) is 5.47. The predicted octanol–water partition coefficient (Wildman–Crippen LogP) is 4.14. The normalized spacial score (nSPS) is 15.1. The highest BCUT2D eigenvalue weighted by atomic mass is 16.5. The number of fused-ring (bicyclic) bond motifs is 1. The first-order valence-corrected chi connectivity index (χ1v) is 11.9. The highest BCUT2D eigenvalue weighted by molar-refractivity contribution is 5.99. The number of methoxy groups -OCH3 is 1. The number of nitrogens with one attached hydrogen (secondary N) is 2. The van der Waals surface area contributed by atoms with E-state index in [1.165, 1.54) is 0 Å². The van der Waals surface area contributed by atoms with Crippen LogP contribution in [0.5, 0.6) is 5.75 Å². The maximum atomic E-state index is 13.0. The lowest BCUT2D eigenvalue weighted by Gasteiger charge is -2.32. The molecule has 8 heteroatoms. The van der Waals surface area contributed by atoms with Gasteiger partial charge in [-0.05, 0) is 42.5 Å². The minimum Gasteiger partial charge on any atom is -0.495 e. The molecule has 184 valence electrons. The standard InChI is InChI=1S/C28H29N5O3/c1-18(15-29)16-30-27-23-14-21(10-9-20(23)11-12-26(27)36-3)24-7-4-8-25(32-24)28(35)31-22-6-5-13-33(17-22)19(2)34/h4,7-12,14,22,30H,1,5-6,13,16-17H2,2-3H3,(H,31,35)/t22-/m0/s1. The molecule has 2 N–H and O–H groups in total. The molecule has 2 amide bonds. The second-order valence-electron chi connectivity index (χ2n) is 8.83. The van der Waals surface area contributed by atoms with Crippen LogP contribution in [0.4, 0.5) is 5.69 Å². The monoisotopic (exact) mass is 483 g/mol. The van der Waals surface area contributed by atoms with Gasteiger partial charge in [0.1, 0.15) is 11.4 Å². The number of likely N-dealkylation sites (tertiary alicyclic amines) is 1. The van der Waals surface area contributed by atoms with Gasteiger partial charge in [-0.1, -0.05) is 30.8 Å². The van der Waals surface area contributed by atoms with Gasteiger partial charge in [0.2, 0.25) is 5.91 Å². The molecule has 1 saturated heterocycles. The van der Waals surface area contributed by atoms with Crippen LogP contribution in [0.25, 0.3) is 22.0 Å². The lowest BCUT2D eigenvalue weighted by molar-refractivity contribution is -0.130. The second-order valence-corrected chi connectivity index (χ2v) is 8.83. The number of carbonyl (C=O) groups is 2. The average Bonchev–Trinajstić information content (AvgIpc) is 2.91. The van der Waals surface area contributed by atoms with Crippen molar-refractivity contribution in [3.63, 3.8) is 0 Å². The molecule has 2 heterocycles. The lowest BCUT2D eigenvalue weighted by Crippen LogP contribution is -2.49. The van der Waals surface area contributed by atoms with Crippen molar-refractivity contribution in [2.45, 2.75) is 25.8 Å². The van der Waals surface area contributed by atoms with E-state index in [0.717, 1.165) is 41.4 Å². The number of hydrogen-bond donors (Lipinski definition) is 2. The zero-order valence-corrected chi connectivity index (χ0v) is 20.5. The SMILES string of the molecule is C=C(C#N)CNc1c(OC)ccc2ccc(-c3cccc(C(=O)N[C@H]4CCCN(C(C)=O)C4)n3)cc12. The molecular weight excluding hydrogens is 454 g/mol. The van der Waals surface area contributed by atoms with Crippen LogP contribution >= 0.6 is 0 Å². The van der Waals surface area contributed by atoms with Gasteiger partial charge >= 0.3 is 0 Å². The van der Waals surface area contributed by atoms with Crippen LogP contribution in [0.3, 0.4) is 0 Å². The molecule has 0 unspecified atom stereocenters. The van der Waals surface area contributed by atoms with Crippen LogP contribution in [0.2, 0.25) is 0 Å². The molecule has 1 atom stereocenters. The molecule has 0 saturated carbocycles. The van der Waals surface area contributed by atoms with Crippen molar-refractivity contribution in [2.24, 2.45) is 0 Å². The fraction of sp³-hybridized carbons (Fsp3) is 0.286. The number of carbonyl (C=O) groups excluding carboxylic acids is 2. The number of rotatable bonds is 7. The van der Waals surface area contributed by atoms with Crippen molar-refractivity contribution < 1.29 is 14.3 Å². The molecule has 2 aromatic carbocycles. The van der Waals surface area contributed by atoms with Gasteiger partial charge in [0, 0.05) is 49.1 Å². The quantitative estimate of drug-likeness (QED) is 0.489. The Hall–Kier alpha value is -4.38. The Bertz CT molecular complexity index is 1360. The van der Waals surface area contributed by atoms with Crippen molar-refractivity contribution in [3.05, 3.63) is 66.4 Å². The summed E-state index contributed by atoms with van der Waals surface area (Å²) in [6, 6.07) is 17.1. The molecule has 36 heavy (non-hydrogen) atoms. The van der Waals surface area contributed by atoms with Crippen LogP contribution in [-0.2, 0) is 4.79 Å². The van der Waals surface area contributed by atoms with Crippen molar-refractivity contribution in [3.8, 4) is 23.1 Å². The number of benzene rings is 2. The summed E-state index contributed by atoms with van der Waals surface area (Å²) in [5, 5.41) is 17.3. The Labute approximate surface area is 210 Å². The van der Waals surface area contributed by atoms with Crippen LogP contribution in [0.15, 0.2) is 60.7 Å². The van der Waals surface area contributed by atoms with Crippen molar-refractivity contribution in [2.75, 3.05) is 32.1 Å². The molecule has 0 radical (unpaired) electrons. The molecule has 4 rings (SSSR count). The molecule has 0 aliphatic carbocycles. The van der Waals surface area contributed by atoms with Crippen molar-refractivity contribution >= 4 is 28.3 Å². The molecule has 3 aromatic rings. The molecular formula is C28H29N5O3. The Balaban J connectivity index is 1.61. The smallest absolute Gasteiger partial charge is 0.270 e. The van der Waals surface area contributed by atoms with Gasteiger partial charge in [-0.25, -0.2) is 4.98 Å². The average molecular weight is 484 g/mol. The van der Waals surface area contributed by atoms with Gasteiger partial charge in [0.05, 0.1) is 24.6 Å². The molecule has 1 fully saturated rings. The summed E-state index contributed by atoms with van der Waals surface area (Å²) in [4.78, 5) is 31.1. The summed E-state index contributed by atoms with van der Waals surface area (Å²) in [5.41, 5.74) is 2.99. The minimum absolute atomic E-state index is 0.0211. The number of amides is 2. The van der Waals surface area contributed by atoms with Crippen molar-refractivity contribution in [1.29, 1.82) is 5.26 Å². The van der Waals surface area contributed by atoms with E-state index in [1.807, 2.05) is 48.5 Å². The molecule has 1 aromatic heterocycles. The largest absolute Gasteiger partial charge is 0.495 e. The zero-order valence-electron chi connectivity index (χ0n) is 20.5. The maximum Gasteiger partial charge on any atom is 0.270 e. The number of nitrogens with zero attached hydrogens (tertiary/aromatic N) is 3. The van der Waals surface area contributed by atoms with Crippen LogP contribution in [-0.4, -0.2) is 54.5 Å². The van der Waals surface area contributed by atoms with E-state index in [2.05, 4.69) is 22.2 Å². The van der Waals surface area contributed by atoms with Gasteiger partial charge in [0.25, 0.3) is 5.91 Å². The summed E-state index contributed by atoms with van der Waals surface area (Å²) in [5.74, 6) is 0.415. The summed E-state index contributed by atoms with van der Waals surface area (Å²) in [6.45, 7) is 6.83. The van der Waals surface area contributed by atoms with E-state index in [4.69, 9.17) is 10.00 Å². The number of pyridine rings is 1. The van der Waals surface area contributed by atoms with E-state index in [0.29, 0.717) is 35.8 Å². The number of piperidine rings is 1. The Morgan fingerprint density at radius 1 is 1.25 bits per heavy atom. The van der Waals surface area contributed by atoms with Gasteiger partial charge in [-0.3, -0.25) is 9.59 Å². The third-order valence-corrected chi connectivity index (χ3v) is 6.32. The number of ether oxygens (including phenoxy) is 1. The molecule has 0 bridgehead atoms. The van der Waals surface area contributed by atoms with Crippen LogP contribution in [0.1, 0.15) is 30.3 Å². The van der Waals surface area contributed by atoms with Gasteiger partial charge in [-0.15, -0.1) is 0 Å². The van der Waals surface area contributed by atoms with Crippen molar-refractivity contribution in [1.82, 2.24) is 15.2 Å². The molecule has 1 aliphatic heterocycles. The second kappa shape index (κ2) is 10.9. The van der Waals surface area contributed by atoms with E-state index in [1.54, 1.807) is 25.0 Å². The van der Waals surface area contributed by atoms with E-state index < -0.39 is 0 Å². The van der Waals surface area contributed by atoms with Gasteiger partial charge < -0.3 is 20.3 Å². The molecule has 8 nitrogen and oxygen atoms in total. The fourth-order valence-corrected chi connectivity index (χ4v) is 4.41.